The Morgan fingerprint density at radius 3 is 2.27 bits per heavy atom. The van der Waals surface area contributed by atoms with Crippen LogP contribution in [-0.4, -0.2) is 50.4 Å². The lowest BCUT2D eigenvalue weighted by molar-refractivity contribution is -0.140. The molecule has 4 rings (SSSR count). The Bertz CT molecular complexity index is 1520. The summed E-state index contributed by atoms with van der Waals surface area (Å²) in [6, 6.07) is 20.5. The number of sulfonamides is 1. The number of para-hydroxylation sites is 2. The lowest BCUT2D eigenvalue weighted by Gasteiger charge is -2.34. The predicted octanol–water partition coefficient (Wildman–Crippen LogP) is 6.15. The fourth-order valence-electron chi connectivity index (χ4n) is 5.76. The summed E-state index contributed by atoms with van der Waals surface area (Å²) in [6.07, 6.45) is 5.53. The molecule has 2 amide bonds. The largest absolute Gasteiger partial charge is 0.492 e. The van der Waals surface area contributed by atoms with Crippen LogP contribution in [0, 0.1) is 13.8 Å². The van der Waals surface area contributed by atoms with Gasteiger partial charge in [0.05, 0.1) is 17.2 Å². The van der Waals surface area contributed by atoms with Gasteiger partial charge in [0.25, 0.3) is 10.0 Å². The summed E-state index contributed by atoms with van der Waals surface area (Å²) in [5, 5.41) is 3.19. The molecule has 0 aromatic heterocycles. The normalized spacial score (nSPS) is 14.5. The van der Waals surface area contributed by atoms with Crippen molar-refractivity contribution in [2.24, 2.45) is 0 Å². The van der Waals surface area contributed by atoms with E-state index in [9.17, 15) is 18.0 Å². The van der Waals surface area contributed by atoms with Gasteiger partial charge in [-0.25, -0.2) is 8.42 Å². The Kier molecular flexibility index (Phi) is 11.4. The van der Waals surface area contributed by atoms with E-state index in [1.165, 1.54) is 4.90 Å². The van der Waals surface area contributed by atoms with Crippen molar-refractivity contribution in [3.8, 4) is 5.75 Å². The molecule has 0 heterocycles. The van der Waals surface area contributed by atoms with Crippen LogP contribution in [0.1, 0.15) is 69.1 Å². The number of nitrogens with zero attached hydrogens (tertiary/aromatic N) is 2. The highest BCUT2D eigenvalue weighted by Crippen LogP contribution is 2.33. The molecule has 9 heteroatoms. The number of rotatable bonds is 13. The molecule has 1 atom stereocenters. The number of hydrogen-bond acceptors (Lipinski definition) is 5. The molecule has 1 saturated carbocycles. The molecule has 0 radical (unpaired) electrons. The molecular weight excluding hydrogens is 574 g/mol. The van der Waals surface area contributed by atoms with Crippen molar-refractivity contribution in [1.29, 1.82) is 0 Å². The van der Waals surface area contributed by atoms with Crippen molar-refractivity contribution in [2.45, 2.75) is 89.7 Å². The molecule has 1 aliphatic rings. The van der Waals surface area contributed by atoms with E-state index < -0.39 is 28.5 Å². The number of ether oxygens (including phenoxy) is 1. The zero-order chi connectivity index (χ0) is 31.7. The number of hydrogen-bond donors (Lipinski definition) is 1. The third-order valence-electron chi connectivity index (χ3n) is 8.09. The summed E-state index contributed by atoms with van der Waals surface area (Å²) in [6.45, 7) is 7.55. The molecule has 0 unspecified atom stereocenters. The molecule has 8 nitrogen and oxygen atoms in total. The predicted molar refractivity (Wildman–Crippen MR) is 174 cm³/mol. The molecule has 236 valence electrons. The first-order valence-corrected chi connectivity index (χ1v) is 17.0. The maximum absolute atomic E-state index is 14.4. The monoisotopic (exact) mass is 619 g/mol. The standard InChI is InChI=1S/C35H45N3O5S/c1-5-31(35(40)36-29-15-8-7-9-16-29)37(24-28-14-12-13-27(4)23-28)34(39)25-38(32-17-10-11-18-33(32)43-6-2)44(41,42)30-21-19-26(3)20-22-30/h10-14,17-23,29,31H,5-9,15-16,24-25H2,1-4H3,(H,36,40)/t31-/m0/s1. The SMILES string of the molecule is CCOc1ccccc1N(CC(=O)N(Cc1cccc(C)c1)[C@@H](CC)C(=O)NC1CCCCC1)S(=O)(=O)c1ccc(C)cc1. The highest BCUT2D eigenvalue weighted by atomic mass is 32.2. The first-order valence-electron chi connectivity index (χ1n) is 15.6. The number of aryl methyl sites for hydroxylation is 2. The molecule has 0 aliphatic heterocycles. The first-order chi connectivity index (χ1) is 21.1. The average Bonchev–Trinajstić information content (AvgIpc) is 3.01. The van der Waals surface area contributed by atoms with Gasteiger partial charge < -0.3 is 15.0 Å². The van der Waals surface area contributed by atoms with Crippen LogP contribution in [0.5, 0.6) is 5.75 Å². The van der Waals surface area contributed by atoms with Crippen LogP contribution in [0.15, 0.2) is 77.7 Å². The Hall–Kier alpha value is -3.85. The van der Waals surface area contributed by atoms with E-state index in [-0.39, 0.29) is 29.1 Å². The number of nitrogens with one attached hydrogen (secondary N) is 1. The average molecular weight is 620 g/mol. The third kappa shape index (κ3) is 8.20. The second-order valence-corrected chi connectivity index (χ2v) is 13.4. The quantitative estimate of drug-likeness (QED) is 0.248. The van der Waals surface area contributed by atoms with Crippen molar-refractivity contribution in [3.63, 3.8) is 0 Å². The molecular formula is C35H45N3O5S. The van der Waals surface area contributed by atoms with Crippen LogP contribution in [0.2, 0.25) is 0 Å². The second kappa shape index (κ2) is 15.2. The molecule has 3 aromatic rings. The highest BCUT2D eigenvalue weighted by molar-refractivity contribution is 7.92. The fraction of sp³-hybridized carbons (Fsp3) is 0.429. The van der Waals surface area contributed by atoms with Gasteiger partial charge in [-0.15, -0.1) is 0 Å². The summed E-state index contributed by atoms with van der Waals surface area (Å²) < 4.78 is 35.4. The molecule has 1 fully saturated rings. The third-order valence-corrected chi connectivity index (χ3v) is 9.87. The second-order valence-electron chi connectivity index (χ2n) is 11.5. The number of carbonyl (C=O) groups excluding carboxylic acids is 2. The van der Waals surface area contributed by atoms with E-state index in [1.807, 2.05) is 52.0 Å². The van der Waals surface area contributed by atoms with Crippen LogP contribution in [0.3, 0.4) is 0 Å². The van der Waals surface area contributed by atoms with E-state index in [4.69, 9.17) is 4.74 Å². The maximum atomic E-state index is 14.4. The van der Waals surface area contributed by atoms with E-state index in [0.29, 0.717) is 18.8 Å². The minimum Gasteiger partial charge on any atom is -0.492 e. The van der Waals surface area contributed by atoms with Gasteiger partial charge in [-0.1, -0.05) is 85.8 Å². The molecule has 1 aliphatic carbocycles. The van der Waals surface area contributed by atoms with E-state index in [1.54, 1.807) is 48.5 Å². The van der Waals surface area contributed by atoms with Gasteiger partial charge in [-0.3, -0.25) is 13.9 Å². The van der Waals surface area contributed by atoms with Crippen LogP contribution in [-0.2, 0) is 26.2 Å². The summed E-state index contributed by atoms with van der Waals surface area (Å²) in [5.41, 5.74) is 3.08. The smallest absolute Gasteiger partial charge is 0.264 e. The van der Waals surface area contributed by atoms with Gasteiger partial charge in [0.2, 0.25) is 11.8 Å². The summed E-state index contributed by atoms with van der Waals surface area (Å²) >= 11 is 0. The van der Waals surface area contributed by atoms with E-state index in [0.717, 1.165) is 53.1 Å². The van der Waals surface area contributed by atoms with Crippen molar-refractivity contribution in [3.05, 3.63) is 89.5 Å². The number of anilines is 1. The molecule has 0 saturated heterocycles. The van der Waals surface area contributed by atoms with Gasteiger partial charge >= 0.3 is 0 Å². The summed E-state index contributed by atoms with van der Waals surface area (Å²) in [5.74, 6) is -0.326. The molecule has 44 heavy (non-hydrogen) atoms. The Morgan fingerprint density at radius 1 is 0.909 bits per heavy atom. The van der Waals surface area contributed by atoms with E-state index >= 15 is 0 Å². The Labute approximate surface area is 262 Å². The fourth-order valence-corrected chi connectivity index (χ4v) is 7.19. The Morgan fingerprint density at radius 2 is 1.61 bits per heavy atom. The van der Waals surface area contributed by atoms with Crippen molar-refractivity contribution >= 4 is 27.5 Å². The topological polar surface area (TPSA) is 96.0 Å². The summed E-state index contributed by atoms with van der Waals surface area (Å²) in [7, 11) is -4.19. The maximum Gasteiger partial charge on any atom is 0.264 e. The number of carbonyl (C=O) groups is 2. The lowest BCUT2D eigenvalue weighted by atomic mass is 9.95. The molecule has 0 bridgehead atoms. The molecule has 1 N–H and O–H groups in total. The van der Waals surface area contributed by atoms with Crippen molar-refractivity contribution in [1.82, 2.24) is 10.2 Å². The lowest BCUT2D eigenvalue weighted by Crippen LogP contribution is -2.54. The Balaban J connectivity index is 1.74. The van der Waals surface area contributed by atoms with Crippen LogP contribution < -0.4 is 14.4 Å². The van der Waals surface area contributed by atoms with Crippen LogP contribution >= 0.6 is 0 Å². The van der Waals surface area contributed by atoms with Crippen LogP contribution in [0.4, 0.5) is 5.69 Å². The van der Waals surface area contributed by atoms with Crippen LogP contribution in [0.25, 0.3) is 0 Å². The van der Waals surface area contributed by atoms with Gasteiger partial charge in [0, 0.05) is 12.6 Å². The minimum absolute atomic E-state index is 0.0644. The van der Waals surface area contributed by atoms with Crippen molar-refractivity contribution in [2.75, 3.05) is 17.5 Å². The van der Waals surface area contributed by atoms with Crippen molar-refractivity contribution < 1.29 is 22.7 Å². The van der Waals surface area contributed by atoms with Gasteiger partial charge in [0.15, 0.2) is 0 Å². The highest BCUT2D eigenvalue weighted by Gasteiger charge is 2.35. The van der Waals surface area contributed by atoms with Gasteiger partial charge in [-0.05, 0) is 69.9 Å². The zero-order valence-electron chi connectivity index (χ0n) is 26.3. The summed E-state index contributed by atoms with van der Waals surface area (Å²) in [4.78, 5) is 29.7. The van der Waals surface area contributed by atoms with Gasteiger partial charge in [0.1, 0.15) is 18.3 Å². The van der Waals surface area contributed by atoms with E-state index in [2.05, 4.69) is 5.32 Å². The minimum atomic E-state index is -4.19. The zero-order valence-corrected chi connectivity index (χ0v) is 27.1. The molecule has 0 spiro atoms. The van der Waals surface area contributed by atoms with Gasteiger partial charge in [-0.2, -0.15) is 0 Å². The molecule has 3 aromatic carbocycles. The number of benzene rings is 3. The number of amides is 2. The first kappa shape index (κ1) is 33.1.